The van der Waals surface area contributed by atoms with Crippen LogP contribution in [-0.4, -0.2) is 50.9 Å². The second-order valence-corrected chi connectivity index (χ2v) is 13.6. The molecular formula is C35H36Cl2FN3O5S. The molecule has 248 valence electrons. The van der Waals surface area contributed by atoms with Crippen molar-refractivity contribution in [2.45, 2.75) is 50.2 Å². The molecule has 0 aromatic heterocycles. The van der Waals surface area contributed by atoms with Gasteiger partial charge in [0.2, 0.25) is 11.8 Å². The van der Waals surface area contributed by atoms with Crippen molar-refractivity contribution in [1.29, 1.82) is 0 Å². The van der Waals surface area contributed by atoms with Crippen LogP contribution in [0.3, 0.4) is 0 Å². The zero-order valence-electron chi connectivity index (χ0n) is 26.2. The molecule has 2 atom stereocenters. The molecule has 2 unspecified atom stereocenters. The lowest BCUT2D eigenvalue weighted by atomic mass is 10.0. The highest BCUT2D eigenvalue weighted by atomic mass is 35.5. The summed E-state index contributed by atoms with van der Waals surface area (Å²) < 4.78 is 48.3. The normalized spacial score (nSPS) is 12.6. The molecule has 0 radical (unpaired) electrons. The van der Waals surface area contributed by atoms with Gasteiger partial charge in [0.25, 0.3) is 10.0 Å². The van der Waals surface area contributed by atoms with Gasteiger partial charge in [0, 0.05) is 19.0 Å². The number of sulfonamides is 1. The molecule has 4 aromatic rings. The van der Waals surface area contributed by atoms with E-state index in [-0.39, 0.29) is 34.6 Å². The topological polar surface area (TPSA) is 96.0 Å². The third kappa shape index (κ3) is 9.24. The minimum atomic E-state index is -4.36. The van der Waals surface area contributed by atoms with E-state index in [4.69, 9.17) is 27.9 Å². The van der Waals surface area contributed by atoms with E-state index >= 15 is 0 Å². The molecule has 0 heterocycles. The number of anilines is 1. The molecule has 0 aliphatic rings. The van der Waals surface area contributed by atoms with Crippen molar-refractivity contribution in [3.05, 3.63) is 124 Å². The maximum Gasteiger partial charge on any atom is 0.264 e. The quantitative estimate of drug-likeness (QED) is 0.155. The summed E-state index contributed by atoms with van der Waals surface area (Å²) in [7, 11) is -2.91. The number of carbonyl (C=O) groups is 2. The Balaban J connectivity index is 1.82. The Morgan fingerprint density at radius 1 is 0.894 bits per heavy atom. The van der Waals surface area contributed by atoms with Crippen molar-refractivity contribution in [2.24, 2.45) is 0 Å². The minimum Gasteiger partial charge on any atom is -0.497 e. The third-order valence-electron chi connectivity index (χ3n) is 7.65. The van der Waals surface area contributed by atoms with Crippen molar-refractivity contribution in [2.75, 3.05) is 18.0 Å². The van der Waals surface area contributed by atoms with Crippen LogP contribution in [0.15, 0.2) is 102 Å². The van der Waals surface area contributed by atoms with Crippen LogP contribution in [-0.2, 0) is 32.6 Å². The fourth-order valence-electron chi connectivity index (χ4n) is 4.84. The van der Waals surface area contributed by atoms with Gasteiger partial charge in [-0.3, -0.25) is 13.9 Å². The van der Waals surface area contributed by atoms with Gasteiger partial charge in [-0.05, 0) is 85.1 Å². The number of nitrogens with zero attached hydrogens (tertiary/aromatic N) is 2. The van der Waals surface area contributed by atoms with Crippen molar-refractivity contribution in [3.63, 3.8) is 0 Å². The molecule has 47 heavy (non-hydrogen) atoms. The van der Waals surface area contributed by atoms with Gasteiger partial charge in [-0.25, -0.2) is 12.8 Å². The number of nitrogens with one attached hydrogen (secondary N) is 1. The van der Waals surface area contributed by atoms with Gasteiger partial charge in [-0.15, -0.1) is 0 Å². The first-order valence-electron chi connectivity index (χ1n) is 14.9. The molecule has 8 nitrogen and oxygen atoms in total. The summed E-state index contributed by atoms with van der Waals surface area (Å²) in [5.74, 6) is -1.20. The van der Waals surface area contributed by atoms with E-state index in [0.717, 1.165) is 22.0 Å². The van der Waals surface area contributed by atoms with E-state index in [1.807, 2.05) is 44.2 Å². The standard InChI is InChI=1S/C35H36Cl2FN3O5S/c1-4-24(2)39-35(43)33(21-25-8-6-5-7-9-25)40(22-26-10-19-31(36)32(37)20-26)34(42)23-41(28-13-11-27(38)12-14-28)47(44,45)30-17-15-29(46-3)16-18-30/h5-20,24,33H,4,21-23H2,1-3H3,(H,39,43). The van der Waals surface area contributed by atoms with Crippen molar-refractivity contribution >= 4 is 50.7 Å². The fraction of sp³-hybridized carbons (Fsp3) is 0.257. The lowest BCUT2D eigenvalue weighted by Gasteiger charge is -2.34. The van der Waals surface area contributed by atoms with E-state index in [9.17, 15) is 22.4 Å². The molecule has 0 saturated carbocycles. The van der Waals surface area contributed by atoms with Crippen LogP contribution in [0.5, 0.6) is 5.75 Å². The lowest BCUT2D eigenvalue weighted by Crippen LogP contribution is -2.54. The average Bonchev–Trinajstić information content (AvgIpc) is 3.07. The first-order chi connectivity index (χ1) is 22.4. The molecule has 4 rings (SSSR count). The van der Waals surface area contributed by atoms with Crippen molar-refractivity contribution < 1.29 is 27.1 Å². The van der Waals surface area contributed by atoms with Crippen LogP contribution in [0.2, 0.25) is 10.0 Å². The zero-order valence-corrected chi connectivity index (χ0v) is 28.5. The summed E-state index contributed by atoms with van der Waals surface area (Å²) in [5, 5.41) is 3.56. The Labute approximate surface area is 285 Å². The summed E-state index contributed by atoms with van der Waals surface area (Å²) in [6, 6.07) is 23.4. The molecule has 0 bridgehead atoms. The molecule has 0 aliphatic carbocycles. The molecule has 2 amide bonds. The predicted octanol–water partition coefficient (Wildman–Crippen LogP) is 6.89. The van der Waals surface area contributed by atoms with Gasteiger partial charge in [0.05, 0.1) is 27.7 Å². The Bertz CT molecular complexity index is 1780. The summed E-state index contributed by atoms with van der Waals surface area (Å²) in [4.78, 5) is 29.7. The summed E-state index contributed by atoms with van der Waals surface area (Å²) in [6.07, 6.45) is 0.806. The maximum atomic E-state index is 14.5. The number of hydrogen-bond acceptors (Lipinski definition) is 5. The molecule has 0 saturated heterocycles. The molecular weight excluding hydrogens is 664 g/mol. The van der Waals surface area contributed by atoms with Gasteiger partial charge in [0.1, 0.15) is 24.2 Å². The second kappa shape index (κ2) is 16.1. The summed E-state index contributed by atoms with van der Waals surface area (Å²) in [6.45, 7) is 3.02. The molecule has 0 spiro atoms. The number of amides is 2. The van der Waals surface area contributed by atoms with E-state index < -0.39 is 40.2 Å². The lowest BCUT2D eigenvalue weighted by molar-refractivity contribution is -0.140. The Kier molecular flexibility index (Phi) is 12.3. The molecule has 4 aromatic carbocycles. The van der Waals surface area contributed by atoms with Crippen LogP contribution in [0.4, 0.5) is 10.1 Å². The number of hydrogen-bond donors (Lipinski definition) is 1. The van der Waals surface area contributed by atoms with E-state index in [1.165, 1.54) is 48.4 Å². The van der Waals surface area contributed by atoms with Crippen molar-refractivity contribution in [3.8, 4) is 5.75 Å². The van der Waals surface area contributed by atoms with Crippen LogP contribution in [0.25, 0.3) is 0 Å². The highest BCUT2D eigenvalue weighted by Crippen LogP contribution is 2.28. The number of carbonyl (C=O) groups excluding carboxylic acids is 2. The Morgan fingerprint density at radius 3 is 2.15 bits per heavy atom. The van der Waals surface area contributed by atoms with Crippen LogP contribution in [0, 0.1) is 5.82 Å². The van der Waals surface area contributed by atoms with E-state index in [0.29, 0.717) is 22.8 Å². The monoisotopic (exact) mass is 699 g/mol. The van der Waals surface area contributed by atoms with Crippen LogP contribution >= 0.6 is 23.2 Å². The zero-order chi connectivity index (χ0) is 34.1. The van der Waals surface area contributed by atoms with Gasteiger partial charge in [-0.2, -0.15) is 0 Å². The van der Waals surface area contributed by atoms with Gasteiger partial charge >= 0.3 is 0 Å². The maximum absolute atomic E-state index is 14.5. The number of rotatable bonds is 14. The number of ether oxygens (including phenoxy) is 1. The number of halogens is 3. The first-order valence-corrected chi connectivity index (χ1v) is 17.1. The van der Waals surface area contributed by atoms with Crippen LogP contribution in [0.1, 0.15) is 31.4 Å². The Morgan fingerprint density at radius 2 is 1.55 bits per heavy atom. The van der Waals surface area contributed by atoms with Crippen molar-refractivity contribution in [1.82, 2.24) is 10.2 Å². The molecule has 1 N–H and O–H groups in total. The van der Waals surface area contributed by atoms with Gasteiger partial charge in [0.15, 0.2) is 0 Å². The van der Waals surface area contributed by atoms with Gasteiger partial charge in [-0.1, -0.05) is 66.5 Å². The number of benzene rings is 4. The number of methoxy groups -OCH3 is 1. The first kappa shape index (κ1) is 35.7. The van der Waals surface area contributed by atoms with Crippen LogP contribution < -0.4 is 14.4 Å². The third-order valence-corrected chi connectivity index (χ3v) is 10.2. The summed E-state index contributed by atoms with van der Waals surface area (Å²) >= 11 is 12.5. The van der Waals surface area contributed by atoms with E-state index in [2.05, 4.69) is 5.32 Å². The predicted molar refractivity (Wildman–Crippen MR) is 183 cm³/mol. The summed E-state index contributed by atoms with van der Waals surface area (Å²) in [5.41, 5.74) is 1.44. The molecule has 12 heteroatoms. The molecule has 0 aliphatic heterocycles. The fourth-order valence-corrected chi connectivity index (χ4v) is 6.58. The highest BCUT2D eigenvalue weighted by molar-refractivity contribution is 7.92. The second-order valence-electron chi connectivity index (χ2n) is 11.0. The average molecular weight is 701 g/mol. The SMILES string of the molecule is CCC(C)NC(=O)C(Cc1ccccc1)N(Cc1ccc(Cl)c(Cl)c1)C(=O)CN(c1ccc(F)cc1)S(=O)(=O)c1ccc(OC)cc1. The molecule has 0 fully saturated rings. The largest absolute Gasteiger partial charge is 0.497 e. The minimum absolute atomic E-state index is 0.0636. The highest BCUT2D eigenvalue weighted by Gasteiger charge is 2.35. The van der Waals surface area contributed by atoms with E-state index in [1.54, 1.807) is 18.2 Å². The smallest absolute Gasteiger partial charge is 0.264 e. The Hall–Kier alpha value is -4.12. The van der Waals surface area contributed by atoms with Gasteiger partial charge < -0.3 is 15.0 Å².